The Labute approximate surface area is 176 Å². The zero-order valence-electron chi connectivity index (χ0n) is 16.2. The number of benzene rings is 1. The Kier molecular flexibility index (Phi) is 4.33. The normalized spacial score (nSPS) is 12.1. The number of thiophene rings is 1. The van der Waals surface area contributed by atoms with Gasteiger partial charge in [-0.25, -0.2) is 13.4 Å². The standard InChI is InChI=1S/C20H17N5O3S2/c1-3-13-6-8-14(9-7-13)30(26,27)20-19-21-18(24(2)16-5-4-11-28-16)17-15(10-12-29-17)25(19)23-22-20/h4-12H,3H2,1-2H3. The molecule has 0 atom stereocenters. The van der Waals surface area contributed by atoms with Crippen molar-refractivity contribution in [3.05, 3.63) is 59.7 Å². The molecule has 5 rings (SSSR count). The van der Waals surface area contributed by atoms with Gasteiger partial charge in [0.05, 0.1) is 21.4 Å². The molecule has 0 saturated carbocycles. The van der Waals surface area contributed by atoms with Gasteiger partial charge in [0.1, 0.15) is 0 Å². The van der Waals surface area contributed by atoms with Gasteiger partial charge in [0.15, 0.2) is 11.5 Å². The van der Waals surface area contributed by atoms with E-state index >= 15 is 0 Å². The first kappa shape index (κ1) is 18.8. The second-order valence-corrected chi connectivity index (χ2v) is 9.49. The summed E-state index contributed by atoms with van der Waals surface area (Å²) in [5, 5.41) is 9.84. The van der Waals surface area contributed by atoms with Crippen molar-refractivity contribution in [2.45, 2.75) is 23.3 Å². The van der Waals surface area contributed by atoms with E-state index in [2.05, 4.69) is 15.3 Å². The van der Waals surface area contributed by atoms with Gasteiger partial charge >= 0.3 is 0 Å². The molecule has 10 heteroatoms. The van der Waals surface area contributed by atoms with Gasteiger partial charge in [-0.05, 0) is 41.6 Å². The zero-order chi connectivity index (χ0) is 20.9. The maximum atomic E-state index is 13.3. The average Bonchev–Trinajstić information content (AvgIpc) is 3.52. The van der Waals surface area contributed by atoms with Crippen LogP contribution in [0.1, 0.15) is 12.5 Å². The topological polar surface area (TPSA) is 93.6 Å². The molecule has 0 aliphatic carbocycles. The zero-order valence-corrected chi connectivity index (χ0v) is 17.8. The maximum Gasteiger partial charge on any atom is 0.229 e. The molecule has 4 heterocycles. The molecule has 0 aliphatic heterocycles. The number of anilines is 2. The number of rotatable bonds is 5. The second kappa shape index (κ2) is 6.92. The summed E-state index contributed by atoms with van der Waals surface area (Å²) < 4.78 is 34.4. The molecule has 0 saturated heterocycles. The number of aromatic nitrogens is 4. The Balaban J connectivity index is 1.73. The molecule has 8 nitrogen and oxygen atoms in total. The van der Waals surface area contributed by atoms with Crippen LogP contribution in [0.4, 0.5) is 11.7 Å². The van der Waals surface area contributed by atoms with Crippen molar-refractivity contribution in [3.8, 4) is 0 Å². The van der Waals surface area contributed by atoms with Crippen LogP contribution in [-0.2, 0) is 16.3 Å². The van der Waals surface area contributed by atoms with Gasteiger partial charge in [-0.15, -0.1) is 16.4 Å². The minimum atomic E-state index is -3.89. The third kappa shape index (κ3) is 2.79. The lowest BCUT2D eigenvalue weighted by molar-refractivity contribution is 0.569. The van der Waals surface area contributed by atoms with Crippen LogP contribution in [-0.4, -0.2) is 35.3 Å². The van der Waals surface area contributed by atoms with E-state index in [-0.39, 0.29) is 15.6 Å². The van der Waals surface area contributed by atoms with E-state index in [0.717, 1.165) is 22.2 Å². The fourth-order valence-electron chi connectivity index (χ4n) is 3.29. The Morgan fingerprint density at radius 1 is 1.17 bits per heavy atom. The van der Waals surface area contributed by atoms with Gasteiger partial charge in [-0.3, -0.25) is 4.90 Å². The molecule has 0 N–H and O–H groups in total. The van der Waals surface area contributed by atoms with Gasteiger partial charge in [-0.2, -0.15) is 4.52 Å². The lowest BCUT2D eigenvalue weighted by Gasteiger charge is -2.16. The highest BCUT2D eigenvalue weighted by Gasteiger charge is 2.28. The fourth-order valence-corrected chi connectivity index (χ4v) is 5.42. The number of furan rings is 1. The van der Waals surface area contributed by atoms with Crippen LogP contribution in [0, 0.1) is 0 Å². The molecule has 0 aliphatic rings. The lowest BCUT2D eigenvalue weighted by Crippen LogP contribution is -2.12. The van der Waals surface area contributed by atoms with Crippen LogP contribution in [0.5, 0.6) is 0 Å². The number of nitrogens with zero attached hydrogens (tertiary/aromatic N) is 5. The third-order valence-electron chi connectivity index (χ3n) is 4.96. The Morgan fingerprint density at radius 3 is 2.67 bits per heavy atom. The molecular formula is C20H17N5O3S2. The first-order valence-electron chi connectivity index (χ1n) is 9.24. The predicted octanol–water partition coefficient (Wildman–Crippen LogP) is 4.10. The summed E-state index contributed by atoms with van der Waals surface area (Å²) in [4.78, 5) is 6.59. The number of sulfone groups is 1. The predicted molar refractivity (Wildman–Crippen MR) is 114 cm³/mol. The molecule has 0 fully saturated rings. The molecule has 152 valence electrons. The van der Waals surface area contributed by atoms with E-state index in [9.17, 15) is 8.42 Å². The van der Waals surface area contributed by atoms with Crippen molar-refractivity contribution >= 4 is 48.7 Å². The smallest absolute Gasteiger partial charge is 0.229 e. The van der Waals surface area contributed by atoms with Crippen molar-refractivity contribution in [2.24, 2.45) is 0 Å². The minimum absolute atomic E-state index is 0.162. The quantitative estimate of drug-likeness (QED) is 0.407. The van der Waals surface area contributed by atoms with Crippen molar-refractivity contribution < 1.29 is 12.8 Å². The van der Waals surface area contributed by atoms with Crippen molar-refractivity contribution in [1.29, 1.82) is 0 Å². The molecule has 0 bridgehead atoms. The SMILES string of the molecule is CCc1ccc(S(=O)(=O)c2nnn3c2nc(N(C)c2ccco2)c2sccc23)cc1. The van der Waals surface area contributed by atoms with E-state index < -0.39 is 9.84 Å². The molecule has 4 aromatic heterocycles. The summed E-state index contributed by atoms with van der Waals surface area (Å²) in [6, 6.07) is 12.3. The van der Waals surface area contributed by atoms with E-state index in [1.54, 1.807) is 41.5 Å². The average molecular weight is 440 g/mol. The first-order chi connectivity index (χ1) is 14.5. The van der Waals surface area contributed by atoms with Crippen LogP contribution in [0.15, 0.2) is 68.4 Å². The van der Waals surface area contributed by atoms with Crippen LogP contribution >= 0.6 is 11.3 Å². The van der Waals surface area contributed by atoms with Crippen LogP contribution in [0.25, 0.3) is 15.9 Å². The van der Waals surface area contributed by atoms with Gasteiger partial charge in [0, 0.05) is 13.1 Å². The minimum Gasteiger partial charge on any atom is -0.448 e. The summed E-state index contributed by atoms with van der Waals surface area (Å²) in [6.07, 6.45) is 2.40. The maximum absolute atomic E-state index is 13.3. The number of hydrogen-bond donors (Lipinski definition) is 0. The van der Waals surface area contributed by atoms with Gasteiger partial charge in [-0.1, -0.05) is 24.3 Å². The van der Waals surface area contributed by atoms with E-state index in [1.807, 2.05) is 31.5 Å². The van der Waals surface area contributed by atoms with Crippen LogP contribution in [0.3, 0.4) is 0 Å². The molecule has 0 unspecified atom stereocenters. The molecule has 1 aromatic carbocycles. The fraction of sp³-hybridized carbons (Fsp3) is 0.150. The first-order valence-corrected chi connectivity index (χ1v) is 11.6. The molecular weight excluding hydrogens is 422 g/mol. The Bertz CT molecular complexity index is 1450. The molecule has 0 spiro atoms. The Morgan fingerprint density at radius 2 is 1.97 bits per heavy atom. The third-order valence-corrected chi connectivity index (χ3v) is 7.52. The van der Waals surface area contributed by atoms with Gasteiger partial charge < -0.3 is 4.42 Å². The number of aryl methyl sites for hydroxylation is 1. The summed E-state index contributed by atoms with van der Waals surface area (Å²) in [6.45, 7) is 2.02. The largest absolute Gasteiger partial charge is 0.448 e. The molecule has 0 radical (unpaired) electrons. The summed E-state index contributed by atoms with van der Waals surface area (Å²) in [5.41, 5.74) is 1.96. The highest BCUT2D eigenvalue weighted by Crippen LogP contribution is 2.35. The Hall–Kier alpha value is -3.24. The summed E-state index contributed by atoms with van der Waals surface area (Å²) in [7, 11) is -2.07. The van der Waals surface area contributed by atoms with Crippen molar-refractivity contribution in [1.82, 2.24) is 19.8 Å². The number of fused-ring (bicyclic) bond motifs is 3. The van der Waals surface area contributed by atoms with Crippen molar-refractivity contribution in [2.75, 3.05) is 11.9 Å². The molecule has 0 amide bonds. The van der Waals surface area contributed by atoms with Crippen LogP contribution < -0.4 is 4.90 Å². The van der Waals surface area contributed by atoms with Crippen LogP contribution in [0.2, 0.25) is 0 Å². The summed E-state index contributed by atoms with van der Waals surface area (Å²) in [5.74, 6) is 1.16. The van der Waals surface area contributed by atoms with Gasteiger partial charge in [0.25, 0.3) is 0 Å². The van der Waals surface area contributed by atoms with E-state index in [1.165, 1.54) is 15.9 Å². The van der Waals surface area contributed by atoms with Gasteiger partial charge in [0.2, 0.25) is 20.7 Å². The van der Waals surface area contributed by atoms with Crippen molar-refractivity contribution in [3.63, 3.8) is 0 Å². The molecule has 5 aromatic rings. The highest BCUT2D eigenvalue weighted by molar-refractivity contribution is 7.91. The van der Waals surface area contributed by atoms with E-state index in [4.69, 9.17) is 4.42 Å². The van der Waals surface area contributed by atoms with E-state index in [0.29, 0.717) is 11.7 Å². The highest BCUT2D eigenvalue weighted by atomic mass is 32.2. The monoisotopic (exact) mass is 439 g/mol. The summed E-state index contributed by atoms with van der Waals surface area (Å²) >= 11 is 1.49. The second-order valence-electron chi connectivity index (χ2n) is 6.71. The number of hydrogen-bond acceptors (Lipinski definition) is 8. The molecule has 30 heavy (non-hydrogen) atoms. The lowest BCUT2D eigenvalue weighted by atomic mass is 10.2.